The van der Waals surface area contributed by atoms with Crippen LogP contribution in [0.1, 0.15) is 89.9 Å². The van der Waals surface area contributed by atoms with Crippen molar-refractivity contribution in [1.82, 2.24) is 26.6 Å². The first-order valence-corrected chi connectivity index (χ1v) is 18.7. The molecule has 0 fully saturated rings. The smallest absolute Gasteiger partial charge is 0.326 e. The minimum atomic E-state index is -1.49. The van der Waals surface area contributed by atoms with Crippen molar-refractivity contribution >= 4 is 53.3 Å². The zero-order chi connectivity index (χ0) is 42.6. The van der Waals surface area contributed by atoms with Crippen molar-refractivity contribution in [3.63, 3.8) is 0 Å². The number of carboxylic acid groups (broad SMARTS) is 1. The quantitative estimate of drug-likeness (QED) is 0.0171. The van der Waals surface area contributed by atoms with E-state index in [0.717, 1.165) is 0 Å². The van der Waals surface area contributed by atoms with E-state index in [1.165, 1.54) is 0 Å². The number of nitrogens with one attached hydrogen (secondary N) is 5. The van der Waals surface area contributed by atoms with Crippen molar-refractivity contribution in [2.75, 3.05) is 26.2 Å². The van der Waals surface area contributed by atoms with Crippen LogP contribution in [0.5, 0.6) is 0 Å². The normalized spacial score (nSPS) is 14.1. The highest BCUT2D eigenvalue weighted by molar-refractivity contribution is 5.97. The standard InChI is InChI=1S/C33H64N14O9/c34-14-4-1-8-19(37)27(50)47-24(18-26(39)49)31(54)45-20(9-2-5-15-35)28(51)44-22(11-7-17-42-33(40)41)29(52)43-21(10-3-6-16-36)30(53)46-23(32(55)56)12-13-25(38)48/h19-24H,1-18,34-37H2,(H2,38,48)(H2,39,49)(H,43,52)(H,44,51)(H,45,54)(H,46,53)(H,47,50)(H,55,56)(H4,40,41,42)/t19-,20-,21-,22-,23-,24-/m0/s1. The molecule has 0 aliphatic rings. The molecule has 0 aromatic heterocycles. The van der Waals surface area contributed by atoms with Gasteiger partial charge in [0.05, 0.1) is 12.5 Å². The Morgan fingerprint density at radius 2 is 0.875 bits per heavy atom. The van der Waals surface area contributed by atoms with Gasteiger partial charge in [-0.05, 0) is 90.3 Å². The Balaban J connectivity index is 6.39. The van der Waals surface area contributed by atoms with E-state index < -0.39 is 90.0 Å². The second-order valence-electron chi connectivity index (χ2n) is 13.2. The predicted molar refractivity (Wildman–Crippen MR) is 206 cm³/mol. The zero-order valence-electron chi connectivity index (χ0n) is 32.0. The number of unbranched alkanes of at least 4 members (excludes halogenated alkanes) is 3. The number of aliphatic carboxylic acids is 1. The summed E-state index contributed by atoms with van der Waals surface area (Å²) in [5.41, 5.74) is 44.0. The van der Waals surface area contributed by atoms with Crippen LogP contribution < -0.4 is 72.5 Å². The van der Waals surface area contributed by atoms with Gasteiger partial charge in [0.1, 0.15) is 30.2 Å². The van der Waals surface area contributed by atoms with Crippen molar-refractivity contribution in [1.29, 1.82) is 0 Å². The van der Waals surface area contributed by atoms with E-state index in [4.69, 9.17) is 45.9 Å². The summed E-state index contributed by atoms with van der Waals surface area (Å²) in [6.07, 6.45) is 1.96. The van der Waals surface area contributed by atoms with Crippen molar-refractivity contribution < 1.29 is 43.5 Å². The molecule has 0 aromatic rings. The van der Waals surface area contributed by atoms with E-state index in [0.29, 0.717) is 45.1 Å². The minimum Gasteiger partial charge on any atom is -0.480 e. The second kappa shape index (κ2) is 29.2. The number of guanidine groups is 1. The monoisotopic (exact) mass is 800 g/mol. The first kappa shape index (κ1) is 50.9. The fraction of sp³-hybridized carbons (Fsp3) is 0.727. The number of carbonyl (C=O) groups is 8. The van der Waals surface area contributed by atoms with Gasteiger partial charge in [0.25, 0.3) is 0 Å². The molecule has 0 unspecified atom stereocenters. The molecule has 6 atom stereocenters. The number of carboxylic acids is 1. The van der Waals surface area contributed by atoms with Gasteiger partial charge in [0, 0.05) is 13.0 Å². The molecule has 23 heteroatoms. The predicted octanol–water partition coefficient (Wildman–Crippen LogP) is -5.60. The second-order valence-corrected chi connectivity index (χ2v) is 13.2. The van der Waals surface area contributed by atoms with Gasteiger partial charge in [-0.2, -0.15) is 0 Å². The van der Waals surface area contributed by atoms with Crippen LogP contribution in [0.3, 0.4) is 0 Å². The van der Waals surface area contributed by atoms with Crippen molar-refractivity contribution in [2.45, 2.75) is 126 Å². The summed E-state index contributed by atoms with van der Waals surface area (Å²) in [6, 6.07) is -7.94. The molecule has 56 heavy (non-hydrogen) atoms. The highest BCUT2D eigenvalue weighted by Crippen LogP contribution is 2.09. The van der Waals surface area contributed by atoms with Gasteiger partial charge < -0.3 is 77.6 Å². The number of hydrogen-bond donors (Lipinski definition) is 14. The fourth-order valence-electron chi connectivity index (χ4n) is 5.26. The topological polar surface area (TPSA) is 437 Å². The third-order valence-corrected chi connectivity index (χ3v) is 8.38. The number of aliphatic imine (C=N–C) groups is 1. The molecule has 0 aliphatic heterocycles. The van der Waals surface area contributed by atoms with Gasteiger partial charge in [-0.3, -0.25) is 38.6 Å². The van der Waals surface area contributed by atoms with Crippen molar-refractivity contribution in [3.05, 3.63) is 0 Å². The molecule has 0 bridgehead atoms. The average molecular weight is 801 g/mol. The van der Waals surface area contributed by atoms with E-state index in [1.807, 2.05) is 0 Å². The molecule has 0 radical (unpaired) electrons. The lowest BCUT2D eigenvalue weighted by Crippen LogP contribution is -2.59. The molecular weight excluding hydrogens is 736 g/mol. The Bertz CT molecular complexity index is 1320. The number of hydrogen-bond acceptors (Lipinski definition) is 13. The lowest BCUT2D eigenvalue weighted by atomic mass is 10.0. The molecule has 0 aliphatic carbocycles. The third-order valence-electron chi connectivity index (χ3n) is 8.38. The summed E-state index contributed by atoms with van der Waals surface area (Å²) < 4.78 is 0. The van der Waals surface area contributed by atoms with E-state index in [-0.39, 0.29) is 70.5 Å². The molecule has 0 rings (SSSR count). The molecule has 320 valence electrons. The first-order chi connectivity index (χ1) is 26.5. The maximum absolute atomic E-state index is 13.8. The van der Waals surface area contributed by atoms with E-state index in [1.54, 1.807) is 0 Å². The number of primary amides is 2. The van der Waals surface area contributed by atoms with Crippen LogP contribution in [0.2, 0.25) is 0 Å². The lowest BCUT2D eigenvalue weighted by molar-refractivity contribution is -0.142. The van der Waals surface area contributed by atoms with Crippen LogP contribution in [0.4, 0.5) is 0 Å². The van der Waals surface area contributed by atoms with Crippen LogP contribution in [-0.4, -0.2) is 121 Å². The maximum atomic E-state index is 13.8. The lowest BCUT2D eigenvalue weighted by Gasteiger charge is -2.27. The Hall–Kier alpha value is -5.13. The SMILES string of the molecule is NCCCC[C@H](NC(=O)[C@H](CCCN=C(N)N)NC(=O)[C@H](CCCCN)NC(=O)[C@H](CC(N)=O)NC(=O)[C@@H](N)CCCCN)C(=O)N[C@@H](CCC(N)=O)C(=O)O. The Labute approximate surface area is 326 Å². The molecule has 0 saturated carbocycles. The number of amides is 7. The molecule has 0 aromatic carbocycles. The largest absolute Gasteiger partial charge is 0.480 e. The van der Waals surface area contributed by atoms with E-state index in [2.05, 4.69) is 31.6 Å². The van der Waals surface area contributed by atoms with E-state index in [9.17, 15) is 43.5 Å². The Kier molecular flexibility index (Phi) is 26.5. The molecule has 0 heterocycles. The summed E-state index contributed by atoms with van der Waals surface area (Å²) in [5, 5.41) is 22.0. The molecule has 0 saturated heterocycles. The number of nitrogens with zero attached hydrogens (tertiary/aromatic N) is 1. The van der Waals surface area contributed by atoms with Gasteiger partial charge in [0.15, 0.2) is 5.96 Å². The molecule has 23 nitrogen and oxygen atoms in total. The summed E-state index contributed by atoms with van der Waals surface area (Å²) in [5.74, 6) is -7.53. The van der Waals surface area contributed by atoms with Crippen LogP contribution in [-0.2, 0) is 38.4 Å². The van der Waals surface area contributed by atoms with Gasteiger partial charge in [0.2, 0.25) is 41.4 Å². The molecule has 22 N–H and O–H groups in total. The summed E-state index contributed by atoms with van der Waals surface area (Å²) in [4.78, 5) is 106. The van der Waals surface area contributed by atoms with Gasteiger partial charge >= 0.3 is 5.97 Å². The van der Waals surface area contributed by atoms with Crippen LogP contribution in [0, 0.1) is 0 Å². The maximum Gasteiger partial charge on any atom is 0.326 e. The molecule has 7 amide bonds. The van der Waals surface area contributed by atoms with E-state index >= 15 is 0 Å². The molecule has 0 spiro atoms. The van der Waals surface area contributed by atoms with Crippen molar-refractivity contribution in [2.24, 2.45) is 50.9 Å². The molecular formula is C33H64N14O9. The highest BCUT2D eigenvalue weighted by Gasteiger charge is 2.33. The Morgan fingerprint density at radius 3 is 1.27 bits per heavy atom. The average Bonchev–Trinajstić information content (AvgIpc) is 3.12. The number of rotatable bonds is 32. The zero-order valence-corrected chi connectivity index (χ0v) is 32.0. The first-order valence-electron chi connectivity index (χ1n) is 18.7. The van der Waals surface area contributed by atoms with Crippen LogP contribution in [0.15, 0.2) is 4.99 Å². The van der Waals surface area contributed by atoms with Crippen LogP contribution in [0.25, 0.3) is 0 Å². The fourth-order valence-corrected chi connectivity index (χ4v) is 5.26. The summed E-state index contributed by atoms with van der Waals surface area (Å²) >= 11 is 0. The summed E-state index contributed by atoms with van der Waals surface area (Å²) in [7, 11) is 0. The van der Waals surface area contributed by atoms with Gasteiger partial charge in [-0.1, -0.05) is 6.42 Å². The van der Waals surface area contributed by atoms with Crippen LogP contribution >= 0.6 is 0 Å². The minimum absolute atomic E-state index is 0.0267. The number of carbonyl (C=O) groups excluding carboxylic acids is 7. The Morgan fingerprint density at radius 1 is 0.482 bits per heavy atom. The third kappa shape index (κ3) is 22.9. The van der Waals surface area contributed by atoms with Gasteiger partial charge in [-0.25, -0.2) is 4.79 Å². The van der Waals surface area contributed by atoms with Gasteiger partial charge in [-0.15, -0.1) is 0 Å². The number of nitrogens with two attached hydrogens (primary N) is 8. The summed E-state index contributed by atoms with van der Waals surface area (Å²) in [6.45, 7) is 0.984. The highest BCUT2D eigenvalue weighted by atomic mass is 16.4. The van der Waals surface area contributed by atoms with Crippen molar-refractivity contribution in [3.8, 4) is 0 Å².